The number of hydrogen-bond donors (Lipinski definition) is 2. The number of pyridine rings is 1. The van der Waals surface area contributed by atoms with Crippen LogP contribution in [0.5, 0.6) is 11.5 Å². The summed E-state index contributed by atoms with van der Waals surface area (Å²) < 4.78 is 13.1. The fourth-order valence-corrected chi connectivity index (χ4v) is 4.20. The predicted octanol–water partition coefficient (Wildman–Crippen LogP) is 6.09. The van der Waals surface area contributed by atoms with Crippen molar-refractivity contribution in [3.05, 3.63) is 29.3 Å². The fraction of sp³-hybridized carbons (Fsp3) is 0.556. The van der Waals surface area contributed by atoms with Crippen molar-refractivity contribution >= 4 is 40.2 Å². The van der Waals surface area contributed by atoms with Crippen LogP contribution in [0.25, 0.3) is 11.2 Å². The zero-order chi connectivity index (χ0) is 26.2. The molecule has 36 heavy (non-hydrogen) atoms. The molecule has 3 rings (SSSR count). The monoisotopic (exact) mass is 516 g/mol. The Morgan fingerprint density at radius 2 is 1.67 bits per heavy atom. The second-order valence-electron chi connectivity index (χ2n) is 9.91. The molecule has 1 aromatic carbocycles. The molecule has 9 heteroatoms. The zero-order valence-electron chi connectivity index (χ0n) is 22.5. The summed E-state index contributed by atoms with van der Waals surface area (Å²) in [5.41, 5.74) is 8.24. The second kappa shape index (κ2) is 13.0. The number of halogens is 1. The molecule has 0 atom stereocenters. The van der Waals surface area contributed by atoms with Crippen molar-refractivity contribution < 1.29 is 9.47 Å². The summed E-state index contributed by atoms with van der Waals surface area (Å²) in [6.07, 6.45) is 3.04. The number of anilines is 3. The van der Waals surface area contributed by atoms with Gasteiger partial charge in [-0.25, -0.2) is 9.97 Å². The molecule has 0 fully saturated rings. The minimum absolute atomic E-state index is 0.478. The number of nitrogens with zero attached hydrogens (tertiary/aromatic N) is 4. The molecule has 0 aliphatic heterocycles. The zero-order valence-corrected chi connectivity index (χ0v) is 23.2. The highest BCUT2D eigenvalue weighted by Gasteiger charge is 2.18. The molecule has 0 aliphatic rings. The topological polar surface area (TPSA) is 90.5 Å². The second-order valence-corrected chi connectivity index (χ2v) is 10.3. The molecule has 0 spiro atoms. The molecule has 0 saturated heterocycles. The summed E-state index contributed by atoms with van der Waals surface area (Å²) >= 11 is 6.30. The number of imidazole rings is 1. The van der Waals surface area contributed by atoms with E-state index in [1.54, 1.807) is 20.3 Å². The van der Waals surface area contributed by atoms with Crippen molar-refractivity contribution in [1.82, 2.24) is 14.5 Å². The van der Waals surface area contributed by atoms with Crippen LogP contribution in [0.15, 0.2) is 24.3 Å². The smallest absolute Gasteiger partial charge is 0.209 e. The summed E-state index contributed by atoms with van der Waals surface area (Å²) in [6.45, 7) is 12.3. The van der Waals surface area contributed by atoms with E-state index in [1.165, 1.54) is 0 Å². The molecule has 198 valence electrons. The van der Waals surface area contributed by atoms with Crippen LogP contribution in [-0.2, 0) is 6.54 Å². The van der Waals surface area contributed by atoms with Crippen LogP contribution >= 0.6 is 11.6 Å². The Balaban J connectivity index is 2.03. The van der Waals surface area contributed by atoms with Crippen molar-refractivity contribution in [3.63, 3.8) is 0 Å². The maximum Gasteiger partial charge on any atom is 0.209 e. The molecule has 3 aromatic rings. The molecule has 0 unspecified atom stereocenters. The number of ether oxygens (including phenoxy) is 2. The number of fused-ring (bicyclic) bond motifs is 1. The van der Waals surface area contributed by atoms with Gasteiger partial charge in [-0.2, -0.15) is 0 Å². The van der Waals surface area contributed by atoms with Crippen molar-refractivity contribution in [2.75, 3.05) is 44.1 Å². The van der Waals surface area contributed by atoms with Crippen molar-refractivity contribution in [2.24, 2.45) is 17.6 Å². The van der Waals surface area contributed by atoms with E-state index in [4.69, 9.17) is 36.8 Å². The predicted molar refractivity (Wildman–Crippen MR) is 150 cm³/mol. The molecule has 2 aromatic heterocycles. The highest BCUT2D eigenvalue weighted by Crippen LogP contribution is 2.37. The van der Waals surface area contributed by atoms with Crippen LogP contribution in [0.3, 0.4) is 0 Å². The normalized spacial score (nSPS) is 11.5. The molecular weight excluding hydrogens is 476 g/mol. The lowest BCUT2D eigenvalue weighted by Gasteiger charge is -2.25. The third-order valence-corrected chi connectivity index (χ3v) is 6.46. The summed E-state index contributed by atoms with van der Waals surface area (Å²) in [5, 5.41) is 3.89. The SMILES string of the molecule is COc1cc(Nc2nc3ccc(N(CCC(C)C)CCC(C)C)nc3n2CCCN)c(OC)cc1Cl. The van der Waals surface area contributed by atoms with Crippen molar-refractivity contribution in [1.29, 1.82) is 0 Å². The van der Waals surface area contributed by atoms with Gasteiger partial charge in [-0.15, -0.1) is 0 Å². The first kappa shape index (κ1) is 27.9. The highest BCUT2D eigenvalue weighted by molar-refractivity contribution is 6.32. The van der Waals surface area contributed by atoms with E-state index in [9.17, 15) is 0 Å². The number of nitrogens with one attached hydrogen (secondary N) is 1. The average molecular weight is 517 g/mol. The van der Waals surface area contributed by atoms with Gasteiger partial charge in [-0.3, -0.25) is 4.57 Å². The van der Waals surface area contributed by atoms with E-state index >= 15 is 0 Å². The van der Waals surface area contributed by atoms with Crippen molar-refractivity contribution in [3.8, 4) is 11.5 Å². The van der Waals surface area contributed by atoms with E-state index in [-0.39, 0.29) is 0 Å². The number of nitrogens with two attached hydrogens (primary N) is 1. The Morgan fingerprint density at radius 1 is 1.00 bits per heavy atom. The van der Waals surface area contributed by atoms with E-state index in [2.05, 4.69) is 54.6 Å². The Morgan fingerprint density at radius 3 is 2.25 bits per heavy atom. The molecule has 0 aliphatic carbocycles. The fourth-order valence-electron chi connectivity index (χ4n) is 3.97. The lowest BCUT2D eigenvalue weighted by atomic mass is 10.1. The number of aryl methyl sites for hydroxylation is 1. The first-order chi connectivity index (χ1) is 17.3. The minimum atomic E-state index is 0.478. The van der Waals surface area contributed by atoms with Crippen LogP contribution in [0.4, 0.5) is 17.5 Å². The van der Waals surface area contributed by atoms with Gasteiger partial charge >= 0.3 is 0 Å². The van der Waals surface area contributed by atoms with Crippen molar-refractivity contribution in [2.45, 2.75) is 53.5 Å². The number of aromatic nitrogens is 3. The molecule has 2 heterocycles. The van der Waals surface area contributed by atoms with Gasteiger partial charge in [0.15, 0.2) is 5.65 Å². The summed E-state index contributed by atoms with van der Waals surface area (Å²) in [7, 11) is 3.20. The Labute approximate surface area is 220 Å². The highest BCUT2D eigenvalue weighted by atomic mass is 35.5. The molecule has 3 N–H and O–H groups in total. The minimum Gasteiger partial charge on any atom is -0.495 e. The largest absolute Gasteiger partial charge is 0.495 e. The van der Waals surface area contributed by atoms with Crippen LogP contribution in [0.2, 0.25) is 5.02 Å². The van der Waals surface area contributed by atoms with E-state index in [0.717, 1.165) is 49.3 Å². The molecule has 8 nitrogen and oxygen atoms in total. The quantitative estimate of drug-likeness (QED) is 0.268. The summed E-state index contributed by atoms with van der Waals surface area (Å²) in [6, 6.07) is 7.68. The van der Waals surface area contributed by atoms with Gasteiger partial charge < -0.3 is 25.4 Å². The van der Waals surface area contributed by atoms with Crippen LogP contribution in [-0.4, -0.2) is 48.4 Å². The van der Waals surface area contributed by atoms with Crippen LogP contribution in [0, 0.1) is 11.8 Å². The van der Waals surface area contributed by atoms with Gasteiger partial charge in [0.05, 0.1) is 24.9 Å². The first-order valence-corrected chi connectivity index (χ1v) is 13.2. The van der Waals surface area contributed by atoms with Crippen LogP contribution in [0.1, 0.15) is 47.0 Å². The van der Waals surface area contributed by atoms with E-state index in [0.29, 0.717) is 53.1 Å². The lowest BCUT2D eigenvalue weighted by Crippen LogP contribution is -2.28. The standard InChI is InChI=1S/C27H41ClN6O2/c1-18(2)10-14-33(15-11-19(3)4)25-9-8-21-26(32-25)34(13-7-12-29)27(30-21)31-22-17-23(35-5)20(28)16-24(22)36-6/h8-9,16-19H,7,10-15,29H2,1-6H3,(H,30,31). The average Bonchev–Trinajstić information content (AvgIpc) is 3.19. The molecule has 0 saturated carbocycles. The van der Waals surface area contributed by atoms with E-state index < -0.39 is 0 Å². The van der Waals surface area contributed by atoms with Gasteiger partial charge in [-0.1, -0.05) is 39.3 Å². The van der Waals surface area contributed by atoms with Gasteiger partial charge in [-0.05, 0) is 49.8 Å². The molecule has 0 bridgehead atoms. The third kappa shape index (κ3) is 6.95. The molecule has 0 amide bonds. The number of benzene rings is 1. The summed E-state index contributed by atoms with van der Waals surface area (Å²) in [4.78, 5) is 12.4. The lowest BCUT2D eigenvalue weighted by molar-refractivity contribution is 0.405. The van der Waals surface area contributed by atoms with Gasteiger partial charge in [0.1, 0.15) is 22.8 Å². The molecule has 0 radical (unpaired) electrons. The Bertz CT molecular complexity index is 1120. The van der Waals surface area contributed by atoms with Gasteiger partial charge in [0.2, 0.25) is 5.95 Å². The molecular formula is C27H41ClN6O2. The Kier molecular flexibility index (Phi) is 10.1. The van der Waals surface area contributed by atoms with Crippen LogP contribution < -0.4 is 25.4 Å². The first-order valence-electron chi connectivity index (χ1n) is 12.8. The van der Waals surface area contributed by atoms with E-state index in [1.807, 2.05) is 6.07 Å². The number of rotatable bonds is 14. The maximum absolute atomic E-state index is 6.30. The number of methoxy groups -OCH3 is 2. The van der Waals surface area contributed by atoms with Gasteiger partial charge in [0, 0.05) is 31.8 Å². The summed E-state index contributed by atoms with van der Waals surface area (Å²) in [5.74, 6) is 4.06. The third-order valence-electron chi connectivity index (χ3n) is 6.16. The van der Waals surface area contributed by atoms with Gasteiger partial charge in [0.25, 0.3) is 0 Å². The maximum atomic E-state index is 6.30. The Hall–Kier alpha value is -2.71. The number of hydrogen-bond acceptors (Lipinski definition) is 7.